The first kappa shape index (κ1) is 26.0. The zero-order valence-corrected chi connectivity index (χ0v) is 19.1. The van der Waals surface area contributed by atoms with Crippen molar-refractivity contribution in [1.29, 1.82) is 0 Å². The number of piperidine rings is 1. The van der Waals surface area contributed by atoms with E-state index in [1.54, 1.807) is 7.11 Å². The molecule has 0 aromatic heterocycles. The summed E-state index contributed by atoms with van der Waals surface area (Å²) in [6.07, 6.45) is 2.82. The number of nitrogens with one attached hydrogen (secondary N) is 1. The summed E-state index contributed by atoms with van der Waals surface area (Å²) in [4.78, 5) is 17.5. The number of carbonyl (C=O) groups is 1. The number of ether oxygens (including phenoxy) is 2. The van der Waals surface area contributed by atoms with Crippen LogP contribution in [0.1, 0.15) is 18.4 Å². The molecule has 2 saturated heterocycles. The van der Waals surface area contributed by atoms with Gasteiger partial charge in [0, 0.05) is 26.2 Å². The van der Waals surface area contributed by atoms with E-state index >= 15 is 0 Å². The summed E-state index contributed by atoms with van der Waals surface area (Å²) in [5.41, 5.74) is 1.22. The Morgan fingerprint density at radius 2 is 1.93 bits per heavy atom. The van der Waals surface area contributed by atoms with Crippen LogP contribution in [0.4, 0.5) is 0 Å². The molecule has 166 valence electrons. The van der Waals surface area contributed by atoms with Crippen LogP contribution in [-0.2, 0) is 16.0 Å². The number of morpholine rings is 1. The largest absolute Gasteiger partial charge is 0.497 e. The van der Waals surface area contributed by atoms with Crippen LogP contribution < -0.4 is 10.1 Å². The number of halogens is 2. The van der Waals surface area contributed by atoms with Gasteiger partial charge < -0.3 is 24.6 Å². The standard InChI is InChI=1S/C21H33N3O3.2ClH/c1-23-11-7-18(8-12-23)16-24(21(25)20-15-22-10-14-27-20)13-9-17-3-5-19(26-2)6-4-17;;/h3-6,18,20,22H,7-16H2,1-2H3;2*1H. The Morgan fingerprint density at radius 3 is 2.52 bits per heavy atom. The van der Waals surface area contributed by atoms with Gasteiger partial charge in [-0.15, -0.1) is 24.8 Å². The van der Waals surface area contributed by atoms with Gasteiger partial charge in [0.2, 0.25) is 0 Å². The van der Waals surface area contributed by atoms with Gasteiger partial charge in [0.25, 0.3) is 5.91 Å². The van der Waals surface area contributed by atoms with Crippen molar-refractivity contribution in [3.8, 4) is 5.75 Å². The van der Waals surface area contributed by atoms with Crippen molar-refractivity contribution in [2.45, 2.75) is 25.4 Å². The van der Waals surface area contributed by atoms with Crippen LogP contribution in [0.25, 0.3) is 0 Å². The molecule has 2 aliphatic heterocycles. The SMILES string of the molecule is COc1ccc(CCN(CC2CCN(C)CC2)C(=O)C2CNCCO2)cc1.Cl.Cl. The summed E-state index contributed by atoms with van der Waals surface area (Å²) in [5.74, 6) is 1.58. The van der Waals surface area contributed by atoms with E-state index in [1.807, 2.05) is 17.0 Å². The van der Waals surface area contributed by atoms with Crippen LogP contribution in [0.2, 0.25) is 0 Å². The predicted octanol–water partition coefficient (Wildman–Crippen LogP) is 2.24. The highest BCUT2D eigenvalue weighted by Crippen LogP contribution is 2.19. The third kappa shape index (κ3) is 7.95. The highest BCUT2D eigenvalue weighted by atomic mass is 35.5. The molecule has 1 unspecified atom stereocenters. The third-order valence-electron chi connectivity index (χ3n) is 5.66. The van der Waals surface area contributed by atoms with Gasteiger partial charge in [0.1, 0.15) is 11.9 Å². The minimum Gasteiger partial charge on any atom is -0.497 e. The quantitative estimate of drug-likeness (QED) is 0.694. The molecule has 1 aromatic carbocycles. The maximum Gasteiger partial charge on any atom is 0.253 e. The van der Waals surface area contributed by atoms with Gasteiger partial charge >= 0.3 is 0 Å². The molecule has 8 heteroatoms. The fraction of sp³-hybridized carbons (Fsp3) is 0.667. The Labute approximate surface area is 187 Å². The minimum absolute atomic E-state index is 0. The van der Waals surface area contributed by atoms with Crippen LogP contribution in [0.3, 0.4) is 0 Å². The monoisotopic (exact) mass is 447 g/mol. The van der Waals surface area contributed by atoms with Crippen LogP contribution >= 0.6 is 24.8 Å². The Hall–Kier alpha value is -1.05. The van der Waals surface area contributed by atoms with E-state index in [1.165, 1.54) is 5.56 Å². The summed E-state index contributed by atoms with van der Waals surface area (Å²) in [6.45, 7) is 5.85. The van der Waals surface area contributed by atoms with Gasteiger partial charge in [-0.05, 0) is 63.0 Å². The normalized spacial score (nSPS) is 20.3. The molecule has 6 nitrogen and oxygen atoms in total. The molecule has 0 bridgehead atoms. The molecule has 3 rings (SSSR count). The maximum absolute atomic E-state index is 13.1. The van der Waals surface area contributed by atoms with E-state index < -0.39 is 0 Å². The molecular weight excluding hydrogens is 413 g/mol. The molecule has 0 saturated carbocycles. The van der Waals surface area contributed by atoms with Crippen LogP contribution in [-0.4, -0.2) is 81.8 Å². The van der Waals surface area contributed by atoms with E-state index in [0.29, 0.717) is 19.1 Å². The molecule has 1 atom stereocenters. The topological polar surface area (TPSA) is 54.0 Å². The van der Waals surface area contributed by atoms with Gasteiger partial charge in [0.05, 0.1) is 13.7 Å². The molecule has 1 aromatic rings. The van der Waals surface area contributed by atoms with Crippen molar-refractivity contribution in [2.75, 3.05) is 60.0 Å². The van der Waals surface area contributed by atoms with E-state index in [9.17, 15) is 4.79 Å². The second-order valence-electron chi connectivity index (χ2n) is 7.69. The lowest BCUT2D eigenvalue weighted by Crippen LogP contribution is -2.51. The lowest BCUT2D eigenvalue weighted by molar-refractivity contribution is -0.146. The van der Waals surface area contributed by atoms with Gasteiger partial charge in [-0.2, -0.15) is 0 Å². The molecule has 29 heavy (non-hydrogen) atoms. The Kier molecular flexibility index (Phi) is 11.9. The Morgan fingerprint density at radius 1 is 1.24 bits per heavy atom. The molecule has 2 fully saturated rings. The summed E-state index contributed by atoms with van der Waals surface area (Å²) in [7, 11) is 3.85. The van der Waals surface area contributed by atoms with Crippen molar-refractivity contribution in [2.24, 2.45) is 5.92 Å². The Balaban J connectivity index is 0.00000210. The van der Waals surface area contributed by atoms with Crippen molar-refractivity contribution in [1.82, 2.24) is 15.1 Å². The maximum atomic E-state index is 13.1. The molecule has 1 amide bonds. The van der Waals surface area contributed by atoms with E-state index in [2.05, 4.69) is 29.4 Å². The van der Waals surface area contributed by atoms with Gasteiger partial charge in [-0.25, -0.2) is 0 Å². The molecule has 0 radical (unpaired) electrons. The van der Waals surface area contributed by atoms with Crippen LogP contribution in [0, 0.1) is 5.92 Å². The summed E-state index contributed by atoms with van der Waals surface area (Å²) in [5, 5.41) is 3.27. The summed E-state index contributed by atoms with van der Waals surface area (Å²) < 4.78 is 11.0. The third-order valence-corrected chi connectivity index (χ3v) is 5.66. The number of methoxy groups -OCH3 is 1. The fourth-order valence-electron chi connectivity index (χ4n) is 3.83. The number of benzene rings is 1. The van der Waals surface area contributed by atoms with Crippen molar-refractivity contribution in [3.63, 3.8) is 0 Å². The van der Waals surface area contributed by atoms with Crippen molar-refractivity contribution >= 4 is 30.7 Å². The molecule has 0 spiro atoms. The molecule has 2 aliphatic rings. The lowest BCUT2D eigenvalue weighted by Gasteiger charge is -2.35. The zero-order chi connectivity index (χ0) is 19.1. The molecule has 0 aliphatic carbocycles. The van der Waals surface area contributed by atoms with E-state index in [4.69, 9.17) is 9.47 Å². The Bertz CT molecular complexity index is 589. The smallest absolute Gasteiger partial charge is 0.253 e. The van der Waals surface area contributed by atoms with Crippen molar-refractivity contribution < 1.29 is 14.3 Å². The average molecular weight is 448 g/mol. The van der Waals surface area contributed by atoms with E-state index in [0.717, 1.165) is 57.7 Å². The predicted molar refractivity (Wildman–Crippen MR) is 121 cm³/mol. The zero-order valence-electron chi connectivity index (χ0n) is 17.5. The fourth-order valence-corrected chi connectivity index (χ4v) is 3.83. The van der Waals surface area contributed by atoms with Gasteiger partial charge in [-0.1, -0.05) is 12.1 Å². The van der Waals surface area contributed by atoms with Crippen molar-refractivity contribution in [3.05, 3.63) is 29.8 Å². The highest BCUT2D eigenvalue weighted by molar-refractivity contribution is 5.85. The first-order valence-corrected chi connectivity index (χ1v) is 10.1. The molecule has 1 N–H and O–H groups in total. The number of amides is 1. The summed E-state index contributed by atoms with van der Waals surface area (Å²) in [6, 6.07) is 8.12. The van der Waals surface area contributed by atoms with Crippen LogP contribution in [0.5, 0.6) is 5.75 Å². The molecule has 2 heterocycles. The van der Waals surface area contributed by atoms with Gasteiger partial charge in [-0.3, -0.25) is 4.79 Å². The second kappa shape index (κ2) is 13.3. The minimum atomic E-state index is -0.346. The number of likely N-dealkylation sites (tertiary alicyclic amines) is 1. The number of nitrogens with zero attached hydrogens (tertiary/aromatic N) is 2. The van der Waals surface area contributed by atoms with Crippen LogP contribution in [0.15, 0.2) is 24.3 Å². The number of hydrogen-bond acceptors (Lipinski definition) is 5. The first-order chi connectivity index (χ1) is 13.2. The highest BCUT2D eigenvalue weighted by Gasteiger charge is 2.29. The molecular formula is C21H35Cl2N3O3. The average Bonchev–Trinajstić information content (AvgIpc) is 2.73. The van der Waals surface area contributed by atoms with E-state index in [-0.39, 0.29) is 36.8 Å². The second-order valence-corrected chi connectivity index (χ2v) is 7.69. The number of hydrogen-bond donors (Lipinski definition) is 1. The number of rotatable bonds is 7. The summed E-state index contributed by atoms with van der Waals surface area (Å²) >= 11 is 0. The number of carbonyl (C=O) groups excluding carboxylic acids is 1. The lowest BCUT2D eigenvalue weighted by atomic mass is 9.96. The van der Waals surface area contributed by atoms with Gasteiger partial charge in [0.15, 0.2) is 0 Å². The first-order valence-electron chi connectivity index (χ1n) is 10.1.